The molecule has 1 atom stereocenters. The molecule has 23 heavy (non-hydrogen) atoms. The van der Waals surface area contributed by atoms with Gasteiger partial charge in [0.15, 0.2) is 0 Å². The van der Waals surface area contributed by atoms with Gasteiger partial charge in [-0.15, -0.1) is 0 Å². The minimum Gasteiger partial charge on any atom is -0.496 e. The van der Waals surface area contributed by atoms with Gasteiger partial charge in [0.05, 0.1) is 33.0 Å². The summed E-state index contributed by atoms with van der Waals surface area (Å²) >= 11 is 0. The second-order valence-electron chi connectivity index (χ2n) is 6.27. The highest BCUT2D eigenvalue weighted by Crippen LogP contribution is 2.39. The number of rotatable bonds is 7. The first-order valence-corrected chi connectivity index (χ1v) is 8.29. The number of piperidine rings is 1. The predicted octanol–water partition coefficient (Wildman–Crippen LogP) is 2.87. The first-order valence-electron chi connectivity index (χ1n) is 8.29. The number of ether oxygens (including phenoxy) is 3. The predicted molar refractivity (Wildman–Crippen MR) is 90.5 cm³/mol. The molecule has 5 nitrogen and oxygen atoms in total. The lowest BCUT2D eigenvalue weighted by atomic mass is 9.98. The molecule has 0 aromatic heterocycles. The Morgan fingerprint density at radius 2 is 1.65 bits per heavy atom. The molecule has 1 heterocycles. The maximum atomic E-state index is 10.7. The molecule has 0 aliphatic carbocycles. The molecule has 130 valence electrons. The molecule has 0 spiro atoms. The summed E-state index contributed by atoms with van der Waals surface area (Å²) in [7, 11) is 4.79. The van der Waals surface area contributed by atoms with Crippen molar-refractivity contribution >= 4 is 0 Å². The minimum absolute atomic E-state index is 0.598. The Balaban J connectivity index is 2.07. The molecule has 1 unspecified atom stereocenters. The summed E-state index contributed by atoms with van der Waals surface area (Å²) in [5.41, 5.74) is 0.696. The topological polar surface area (TPSA) is 51.2 Å². The Morgan fingerprint density at radius 3 is 2.13 bits per heavy atom. The minimum atomic E-state index is -0.620. The van der Waals surface area contributed by atoms with Crippen LogP contribution in [0.15, 0.2) is 12.1 Å². The van der Waals surface area contributed by atoms with Gasteiger partial charge in [-0.2, -0.15) is 0 Å². The van der Waals surface area contributed by atoms with E-state index in [1.165, 1.54) is 12.8 Å². The Morgan fingerprint density at radius 1 is 1.09 bits per heavy atom. The van der Waals surface area contributed by atoms with Crippen molar-refractivity contribution in [3.8, 4) is 17.2 Å². The van der Waals surface area contributed by atoms with Crippen LogP contribution in [0, 0.1) is 5.92 Å². The van der Waals surface area contributed by atoms with Crippen molar-refractivity contribution < 1.29 is 19.3 Å². The van der Waals surface area contributed by atoms with Crippen molar-refractivity contribution in [2.75, 3.05) is 41.0 Å². The molecule has 1 aliphatic rings. The van der Waals surface area contributed by atoms with Crippen LogP contribution in [-0.2, 0) is 0 Å². The molecule has 1 fully saturated rings. The van der Waals surface area contributed by atoms with Crippen molar-refractivity contribution in [2.45, 2.75) is 32.3 Å². The molecular formula is C18H29NO4. The zero-order chi connectivity index (χ0) is 16.8. The Hall–Kier alpha value is -1.46. The number of methoxy groups -OCH3 is 3. The highest BCUT2D eigenvalue weighted by atomic mass is 16.5. The summed E-state index contributed by atoms with van der Waals surface area (Å²) in [5, 5.41) is 10.7. The maximum absolute atomic E-state index is 10.7. The van der Waals surface area contributed by atoms with E-state index in [0.29, 0.717) is 29.2 Å². The van der Waals surface area contributed by atoms with Crippen molar-refractivity contribution in [3.05, 3.63) is 17.7 Å². The van der Waals surface area contributed by atoms with Gasteiger partial charge in [0.2, 0.25) is 0 Å². The van der Waals surface area contributed by atoms with E-state index < -0.39 is 6.10 Å². The molecular weight excluding hydrogens is 294 g/mol. The molecule has 0 bridgehead atoms. The average Bonchev–Trinajstić information content (AvgIpc) is 2.59. The van der Waals surface area contributed by atoms with Crippen LogP contribution in [-0.4, -0.2) is 51.0 Å². The quantitative estimate of drug-likeness (QED) is 0.836. The van der Waals surface area contributed by atoms with Crippen LogP contribution in [0.2, 0.25) is 0 Å². The molecule has 5 heteroatoms. The first-order chi connectivity index (χ1) is 11.1. The summed E-state index contributed by atoms with van der Waals surface area (Å²) in [6.45, 7) is 5.42. The Bertz CT molecular complexity index is 473. The van der Waals surface area contributed by atoms with Crippen LogP contribution < -0.4 is 14.2 Å². The van der Waals surface area contributed by atoms with Crippen LogP contribution >= 0.6 is 0 Å². The highest BCUT2D eigenvalue weighted by Gasteiger charge is 2.22. The van der Waals surface area contributed by atoms with Crippen molar-refractivity contribution in [1.29, 1.82) is 0 Å². The van der Waals surface area contributed by atoms with Gasteiger partial charge in [-0.3, -0.25) is 0 Å². The Labute approximate surface area is 139 Å². The Kier molecular flexibility index (Phi) is 6.54. The summed E-state index contributed by atoms with van der Waals surface area (Å²) in [5.74, 6) is 2.67. The van der Waals surface area contributed by atoms with Gasteiger partial charge in [-0.05, 0) is 38.3 Å². The van der Waals surface area contributed by atoms with E-state index in [0.717, 1.165) is 25.6 Å². The zero-order valence-electron chi connectivity index (χ0n) is 14.7. The van der Waals surface area contributed by atoms with Gasteiger partial charge in [0, 0.05) is 18.7 Å². The number of hydrogen-bond acceptors (Lipinski definition) is 5. The number of aliphatic hydroxyl groups is 1. The molecule has 1 aliphatic heterocycles. The summed E-state index contributed by atoms with van der Waals surface area (Å²) in [6, 6.07) is 3.56. The van der Waals surface area contributed by atoms with E-state index in [1.807, 2.05) is 0 Å². The molecule has 1 aromatic carbocycles. The lowest BCUT2D eigenvalue weighted by Crippen LogP contribution is -2.34. The van der Waals surface area contributed by atoms with Crippen molar-refractivity contribution in [2.24, 2.45) is 5.92 Å². The van der Waals surface area contributed by atoms with E-state index in [9.17, 15) is 5.11 Å². The number of hydrogen-bond donors (Lipinski definition) is 1. The van der Waals surface area contributed by atoms with Gasteiger partial charge < -0.3 is 24.2 Å². The van der Waals surface area contributed by atoms with Crippen LogP contribution in [0.25, 0.3) is 0 Å². The summed E-state index contributed by atoms with van der Waals surface area (Å²) < 4.78 is 16.1. The van der Waals surface area contributed by atoms with Crippen molar-refractivity contribution in [3.63, 3.8) is 0 Å². The van der Waals surface area contributed by atoms with E-state index in [1.54, 1.807) is 33.5 Å². The SMILES string of the molecule is COc1cc(OC)c(C(O)CCN2CCC(C)CC2)c(OC)c1. The second kappa shape index (κ2) is 8.41. The van der Waals surface area contributed by atoms with Gasteiger partial charge in [0.25, 0.3) is 0 Å². The number of benzene rings is 1. The molecule has 1 aromatic rings. The molecule has 0 radical (unpaired) electrons. The maximum Gasteiger partial charge on any atom is 0.132 e. The standard InChI is InChI=1S/C18H29NO4/c1-13-5-8-19(9-6-13)10-7-15(20)18-16(22-3)11-14(21-2)12-17(18)23-4/h11-13,15,20H,5-10H2,1-4H3. The van der Waals surface area contributed by atoms with Gasteiger partial charge in [0.1, 0.15) is 17.2 Å². The van der Waals surface area contributed by atoms with Crippen molar-refractivity contribution in [1.82, 2.24) is 4.90 Å². The fourth-order valence-corrected chi connectivity index (χ4v) is 3.10. The zero-order valence-corrected chi connectivity index (χ0v) is 14.7. The van der Waals surface area contributed by atoms with Gasteiger partial charge in [-0.1, -0.05) is 6.92 Å². The van der Waals surface area contributed by atoms with E-state index in [-0.39, 0.29) is 0 Å². The molecule has 2 rings (SSSR count). The monoisotopic (exact) mass is 323 g/mol. The van der Waals surface area contributed by atoms with E-state index in [2.05, 4.69) is 11.8 Å². The molecule has 0 amide bonds. The summed E-state index contributed by atoms with van der Waals surface area (Å²) in [6.07, 6.45) is 2.52. The highest BCUT2D eigenvalue weighted by molar-refractivity contribution is 5.51. The third-order valence-electron chi connectivity index (χ3n) is 4.68. The fourth-order valence-electron chi connectivity index (χ4n) is 3.10. The van der Waals surface area contributed by atoms with Crippen LogP contribution in [0.5, 0.6) is 17.2 Å². The van der Waals surface area contributed by atoms with Gasteiger partial charge >= 0.3 is 0 Å². The largest absolute Gasteiger partial charge is 0.496 e. The van der Waals surface area contributed by atoms with Gasteiger partial charge in [-0.25, -0.2) is 0 Å². The normalized spacial score (nSPS) is 17.8. The lowest BCUT2D eigenvalue weighted by molar-refractivity contribution is 0.121. The number of aliphatic hydroxyl groups excluding tert-OH is 1. The van der Waals surface area contributed by atoms with Crippen LogP contribution in [0.3, 0.4) is 0 Å². The lowest BCUT2D eigenvalue weighted by Gasteiger charge is -2.31. The van der Waals surface area contributed by atoms with E-state index >= 15 is 0 Å². The number of nitrogens with zero attached hydrogens (tertiary/aromatic N) is 1. The fraction of sp³-hybridized carbons (Fsp3) is 0.667. The van der Waals surface area contributed by atoms with Crippen LogP contribution in [0.1, 0.15) is 37.9 Å². The average molecular weight is 323 g/mol. The van der Waals surface area contributed by atoms with E-state index in [4.69, 9.17) is 14.2 Å². The van der Waals surface area contributed by atoms with Crippen LogP contribution in [0.4, 0.5) is 0 Å². The molecule has 1 N–H and O–H groups in total. The third kappa shape index (κ3) is 4.52. The third-order valence-corrected chi connectivity index (χ3v) is 4.68. The molecule has 1 saturated heterocycles. The first kappa shape index (κ1) is 17.9. The second-order valence-corrected chi connectivity index (χ2v) is 6.27. The summed E-state index contributed by atoms with van der Waals surface area (Å²) in [4.78, 5) is 2.42. The number of likely N-dealkylation sites (tertiary alicyclic amines) is 1. The molecule has 0 saturated carbocycles. The smallest absolute Gasteiger partial charge is 0.132 e.